The largest absolute Gasteiger partial charge is 0.397 e. The van der Waals surface area contributed by atoms with Crippen molar-refractivity contribution in [2.75, 3.05) is 37.4 Å². The van der Waals surface area contributed by atoms with Crippen LogP contribution in [0.1, 0.15) is 45.9 Å². The molecule has 0 spiro atoms. The summed E-state index contributed by atoms with van der Waals surface area (Å²) in [5, 5.41) is 3.60. The summed E-state index contributed by atoms with van der Waals surface area (Å²) in [5.41, 5.74) is 15.2. The van der Waals surface area contributed by atoms with Crippen LogP contribution in [0, 0.1) is 12.7 Å². The third-order valence-corrected chi connectivity index (χ3v) is 9.00. The average molecular weight is 541 g/mol. The van der Waals surface area contributed by atoms with Gasteiger partial charge in [-0.05, 0) is 56.7 Å². The van der Waals surface area contributed by atoms with E-state index >= 15 is 0 Å². The molecule has 2 fully saturated rings. The normalized spacial score (nSPS) is 24.0. The van der Waals surface area contributed by atoms with Gasteiger partial charge < -0.3 is 31.2 Å². The number of pyridine rings is 2. The van der Waals surface area contributed by atoms with Gasteiger partial charge in [0.1, 0.15) is 21.3 Å². The maximum Gasteiger partial charge on any atom is 0.263 e. The topological polar surface area (TPSA) is 129 Å². The number of ether oxygens (including phenoxy) is 2. The Kier molecular flexibility index (Phi) is 6.50. The molecular weight excluding hydrogens is 507 g/mol. The zero-order chi connectivity index (χ0) is 26.6. The number of fused-ring (bicyclic) bond motifs is 2. The summed E-state index contributed by atoms with van der Waals surface area (Å²) in [6.07, 6.45) is 4.22. The molecule has 3 aromatic heterocycles. The van der Waals surface area contributed by atoms with E-state index in [1.807, 2.05) is 6.07 Å². The van der Waals surface area contributed by atoms with Gasteiger partial charge in [0.05, 0.1) is 35.7 Å². The number of aromatic nitrogens is 2. The fraction of sp³-hybridized carbons (Fsp3) is 0.519. The van der Waals surface area contributed by atoms with Crippen molar-refractivity contribution in [3.05, 3.63) is 45.8 Å². The number of nitrogens with two attached hydrogens (primary N) is 2. The van der Waals surface area contributed by atoms with Gasteiger partial charge in [0, 0.05) is 37.3 Å². The Labute approximate surface area is 224 Å². The Balaban J connectivity index is 1.10. The second-order valence-corrected chi connectivity index (χ2v) is 11.8. The lowest BCUT2D eigenvalue weighted by molar-refractivity contribution is -0.0623. The van der Waals surface area contributed by atoms with Gasteiger partial charge in [0.25, 0.3) is 5.91 Å². The number of nitrogens with zero attached hydrogens (tertiary/aromatic N) is 3. The number of nitrogen functional groups attached to an aromatic ring is 1. The van der Waals surface area contributed by atoms with Gasteiger partial charge in [0.2, 0.25) is 0 Å². The minimum Gasteiger partial charge on any atom is -0.397 e. The molecule has 38 heavy (non-hydrogen) atoms. The van der Waals surface area contributed by atoms with Crippen molar-refractivity contribution in [1.82, 2.24) is 15.3 Å². The summed E-state index contributed by atoms with van der Waals surface area (Å²) >= 11 is 1.20. The quantitative estimate of drug-likeness (QED) is 0.417. The minimum atomic E-state index is -0.429. The number of hydrogen-bond acceptors (Lipinski definition) is 9. The molecule has 3 aliphatic rings. The lowest BCUT2D eigenvalue weighted by atomic mass is 9.91. The number of rotatable bonds is 7. The average Bonchev–Trinajstić information content (AvgIpc) is 3.45. The van der Waals surface area contributed by atoms with Crippen LogP contribution < -0.4 is 21.7 Å². The Morgan fingerprint density at radius 3 is 2.89 bits per heavy atom. The molecule has 0 bridgehead atoms. The summed E-state index contributed by atoms with van der Waals surface area (Å²) in [7, 11) is 1.71. The van der Waals surface area contributed by atoms with Crippen LogP contribution >= 0.6 is 11.3 Å². The van der Waals surface area contributed by atoms with E-state index in [0.717, 1.165) is 42.8 Å². The second-order valence-electron chi connectivity index (χ2n) is 10.8. The number of aryl methyl sites for hydroxylation is 2. The van der Waals surface area contributed by atoms with E-state index in [-0.39, 0.29) is 35.4 Å². The number of halogens is 1. The molecular formula is C27H33FN6O3S. The Morgan fingerprint density at radius 2 is 2.13 bits per heavy atom. The zero-order valence-electron chi connectivity index (χ0n) is 21.6. The smallest absolute Gasteiger partial charge is 0.263 e. The van der Waals surface area contributed by atoms with Crippen molar-refractivity contribution < 1.29 is 18.7 Å². The highest BCUT2D eigenvalue weighted by molar-refractivity contribution is 7.21. The summed E-state index contributed by atoms with van der Waals surface area (Å²) in [6, 6.07) is 5.38. The van der Waals surface area contributed by atoms with Crippen LogP contribution in [0.15, 0.2) is 18.2 Å². The van der Waals surface area contributed by atoms with E-state index in [4.69, 9.17) is 25.9 Å². The monoisotopic (exact) mass is 540 g/mol. The van der Waals surface area contributed by atoms with Crippen LogP contribution in [-0.4, -0.2) is 66.5 Å². The molecule has 202 valence electrons. The molecule has 1 saturated heterocycles. The number of nitrogens with one attached hydrogen (secondary N) is 1. The van der Waals surface area contributed by atoms with Crippen molar-refractivity contribution in [1.29, 1.82) is 0 Å². The molecule has 9 nitrogen and oxygen atoms in total. The summed E-state index contributed by atoms with van der Waals surface area (Å²) in [6.45, 7) is 3.62. The van der Waals surface area contributed by atoms with Crippen molar-refractivity contribution in [2.24, 2.45) is 5.73 Å². The predicted octanol–water partition coefficient (Wildman–Crippen LogP) is 2.72. The molecule has 1 amide bonds. The van der Waals surface area contributed by atoms with Crippen LogP contribution in [0.2, 0.25) is 0 Å². The Hall–Kier alpha value is -2.86. The van der Waals surface area contributed by atoms with E-state index in [2.05, 4.69) is 21.3 Å². The molecule has 2 aliphatic carbocycles. The molecule has 6 rings (SSSR count). The van der Waals surface area contributed by atoms with Crippen molar-refractivity contribution >= 4 is 39.0 Å². The van der Waals surface area contributed by atoms with Gasteiger partial charge in [-0.3, -0.25) is 4.79 Å². The molecule has 0 aromatic carbocycles. The summed E-state index contributed by atoms with van der Waals surface area (Å²) < 4.78 is 25.7. The van der Waals surface area contributed by atoms with Crippen LogP contribution in [0.25, 0.3) is 10.2 Å². The molecule has 3 atom stereocenters. The Morgan fingerprint density at radius 1 is 1.32 bits per heavy atom. The van der Waals surface area contributed by atoms with E-state index < -0.39 is 5.82 Å². The lowest BCUT2D eigenvalue weighted by Gasteiger charge is -2.27. The van der Waals surface area contributed by atoms with Crippen molar-refractivity contribution in [3.8, 4) is 0 Å². The molecule has 11 heteroatoms. The van der Waals surface area contributed by atoms with Gasteiger partial charge in [-0.1, -0.05) is 6.07 Å². The predicted molar refractivity (Wildman–Crippen MR) is 145 cm³/mol. The van der Waals surface area contributed by atoms with Gasteiger partial charge in [-0.2, -0.15) is 0 Å². The first-order valence-corrected chi connectivity index (χ1v) is 13.9. The van der Waals surface area contributed by atoms with Crippen LogP contribution in [-0.2, 0) is 22.3 Å². The third kappa shape index (κ3) is 4.72. The number of carbonyl (C=O) groups is 1. The third-order valence-electron chi connectivity index (χ3n) is 7.89. The fourth-order valence-corrected chi connectivity index (χ4v) is 6.58. The highest BCUT2D eigenvalue weighted by atomic mass is 32.1. The maximum absolute atomic E-state index is 14.0. The zero-order valence-corrected chi connectivity index (χ0v) is 22.4. The van der Waals surface area contributed by atoms with Gasteiger partial charge in [-0.25, -0.2) is 14.4 Å². The standard InChI is InChI=1S/C27H33FN6O3S/c1-14-18(28)10-17-23(30)24(38-26(17)31-14)25(35)32-16-4-5-20-15(9-16)3-6-22(33-20)34-11-19(29)21(12-34)37-27(7-8-27)13-36-2/h3,6,10,16,19,21H,4-5,7-9,11-13,29-30H2,1-2H3,(H,32,35). The van der Waals surface area contributed by atoms with Crippen LogP contribution in [0.4, 0.5) is 15.9 Å². The maximum atomic E-state index is 14.0. The van der Waals surface area contributed by atoms with Gasteiger partial charge in [-0.15, -0.1) is 11.3 Å². The first kappa shape index (κ1) is 25.4. The molecule has 1 aliphatic heterocycles. The molecule has 0 radical (unpaired) electrons. The van der Waals surface area contributed by atoms with Gasteiger partial charge in [0.15, 0.2) is 0 Å². The number of thiophene rings is 1. The van der Waals surface area contributed by atoms with Crippen molar-refractivity contribution in [2.45, 2.75) is 62.8 Å². The SMILES string of the molecule is COCC1(OC2CN(c3ccc4c(n3)CCC(NC(=O)c3sc5nc(C)c(F)cc5c3N)C4)CC2N)CC1. The first-order chi connectivity index (χ1) is 18.2. The summed E-state index contributed by atoms with van der Waals surface area (Å²) in [4.78, 5) is 25.4. The van der Waals surface area contributed by atoms with E-state index in [1.165, 1.54) is 17.4 Å². The molecule has 5 N–H and O–H groups in total. The number of methoxy groups -OCH3 is 1. The van der Waals surface area contributed by atoms with Crippen LogP contribution in [0.5, 0.6) is 0 Å². The summed E-state index contributed by atoms with van der Waals surface area (Å²) in [5.74, 6) is 0.236. The molecule has 3 aromatic rings. The van der Waals surface area contributed by atoms with E-state index in [1.54, 1.807) is 14.0 Å². The van der Waals surface area contributed by atoms with E-state index in [0.29, 0.717) is 46.9 Å². The van der Waals surface area contributed by atoms with Crippen LogP contribution in [0.3, 0.4) is 0 Å². The first-order valence-electron chi connectivity index (χ1n) is 13.1. The molecule has 3 unspecified atom stereocenters. The minimum absolute atomic E-state index is 0.0350. The number of anilines is 2. The van der Waals surface area contributed by atoms with Gasteiger partial charge >= 0.3 is 0 Å². The van der Waals surface area contributed by atoms with Crippen molar-refractivity contribution in [3.63, 3.8) is 0 Å². The van der Waals surface area contributed by atoms with E-state index in [9.17, 15) is 9.18 Å². The Bertz CT molecular complexity index is 1390. The number of hydrogen-bond donors (Lipinski definition) is 3. The molecule has 1 saturated carbocycles. The highest BCUT2D eigenvalue weighted by Gasteiger charge is 2.48. The second kappa shape index (κ2) is 9.71. The lowest BCUT2D eigenvalue weighted by Crippen LogP contribution is -2.39. The number of carbonyl (C=O) groups excluding carboxylic acids is 1. The fourth-order valence-electron chi connectivity index (χ4n) is 5.55. The highest BCUT2D eigenvalue weighted by Crippen LogP contribution is 2.42. The molecule has 4 heterocycles. The number of amides is 1.